The van der Waals surface area contributed by atoms with Gasteiger partial charge in [-0.25, -0.2) is 0 Å². The minimum atomic E-state index is -0.156. The molecule has 0 spiro atoms. The van der Waals surface area contributed by atoms with Gasteiger partial charge in [0.15, 0.2) is 0 Å². The number of H-pyrrole nitrogens is 1. The third kappa shape index (κ3) is 4.21. The molecule has 4 rings (SSSR count). The largest absolute Gasteiger partial charge is 0.336 e. The van der Waals surface area contributed by atoms with Crippen LogP contribution < -0.4 is 5.56 Å². The van der Waals surface area contributed by atoms with Crippen LogP contribution in [0.1, 0.15) is 15.9 Å². The summed E-state index contributed by atoms with van der Waals surface area (Å²) < 4.78 is 0. The van der Waals surface area contributed by atoms with E-state index in [9.17, 15) is 9.59 Å². The van der Waals surface area contributed by atoms with E-state index in [0.29, 0.717) is 24.2 Å². The zero-order valence-electron chi connectivity index (χ0n) is 14.9. The summed E-state index contributed by atoms with van der Waals surface area (Å²) in [6.45, 7) is 4.07. The van der Waals surface area contributed by atoms with E-state index >= 15 is 0 Å². The Hall–Kier alpha value is -2.63. The lowest BCUT2D eigenvalue weighted by Gasteiger charge is -2.35. The Kier molecular flexibility index (Phi) is 5.94. The van der Waals surface area contributed by atoms with Gasteiger partial charge in [0.1, 0.15) is 0 Å². The average Bonchev–Trinajstić information content (AvgIpc) is 2.68. The van der Waals surface area contributed by atoms with Gasteiger partial charge in [0.25, 0.3) is 5.91 Å². The first kappa shape index (κ1) is 19.1. The number of hydrogen-bond donors (Lipinski definition) is 1. The molecule has 1 aliphatic heterocycles. The van der Waals surface area contributed by atoms with Gasteiger partial charge in [-0.2, -0.15) is 0 Å². The second-order valence-corrected chi connectivity index (χ2v) is 6.64. The summed E-state index contributed by atoms with van der Waals surface area (Å²) in [4.78, 5) is 31.5. The Morgan fingerprint density at radius 2 is 1.63 bits per heavy atom. The molecule has 2 aromatic carbocycles. The van der Waals surface area contributed by atoms with Crippen LogP contribution in [0.3, 0.4) is 0 Å². The number of aromatic amines is 1. The van der Waals surface area contributed by atoms with Crippen molar-refractivity contribution < 1.29 is 4.79 Å². The van der Waals surface area contributed by atoms with Gasteiger partial charge in [0.2, 0.25) is 5.56 Å². The van der Waals surface area contributed by atoms with Crippen molar-refractivity contribution in [1.82, 2.24) is 14.8 Å². The number of aromatic nitrogens is 1. The molecule has 6 heteroatoms. The lowest BCUT2D eigenvalue weighted by atomic mass is 10.1. The number of fused-ring (bicyclic) bond motifs is 1. The van der Waals surface area contributed by atoms with Crippen molar-refractivity contribution in [2.45, 2.75) is 6.54 Å². The molecule has 1 aromatic heterocycles. The number of rotatable bonds is 3. The molecular formula is C21H22ClN3O2. The second-order valence-electron chi connectivity index (χ2n) is 6.64. The van der Waals surface area contributed by atoms with Crippen LogP contribution in [-0.4, -0.2) is 46.9 Å². The molecule has 5 nitrogen and oxygen atoms in total. The molecule has 1 fully saturated rings. The van der Waals surface area contributed by atoms with Gasteiger partial charge in [0, 0.05) is 55.3 Å². The van der Waals surface area contributed by atoms with Crippen molar-refractivity contribution in [3.8, 4) is 0 Å². The molecule has 1 N–H and O–H groups in total. The van der Waals surface area contributed by atoms with Crippen LogP contribution in [0, 0.1) is 0 Å². The highest BCUT2D eigenvalue weighted by molar-refractivity contribution is 6.06. The van der Waals surface area contributed by atoms with Gasteiger partial charge in [-0.15, -0.1) is 12.4 Å². The summed E-state index contributed by atoms with van der Waals surface area (Å²) in [5.74, 6) is 0.0296. The minimum Gasteiger partial charge on any atom is -0.336 e. The van der Waals surface area contributed by atoms with Crippen molar-refractivity contribution in [1.29, 1.82) is 0 Å². The molecule has 27 heavy (non-hydrogen) atoms. The van der Waals surface area contributed by atoms with E-state index in [1.54, 1.807) is 6.07 Å². The molecule has 0 bridgehead atoms. The van der Waals surface area contributed by atoms with E-state index in [1.165, 1.54) is 11.6 Å². The number of hydrogen-bond acceptors (Lipinski definition) is 3. The maximum atomic E-state index is 13.0. The molecule has 0 atom stereocenters. The quantitative estimate of drug-likeness (QED) is 0.756. The smallest absolute Gasteiger partial charge is 0.254 e. The summed E-state index contributed by atoms with van der Waals surface area (Å²) in [7, 11) is 0. The highest BCUT2D eigenvalue weighted by Crippen LogP contribution is 2.18. The highest BCUT2D eigenvalue weighted by atomic mass is 35.5. The SMILES string of the molecule is Cl.O=C(c1cccc2[nH]c(=O)ccc12)N1CCN(Cc2ccccc2)CC1. The molecule has 3 aromatic rings. The monoisotopic (exact) mass is 383 g/mol. The first-order chi connectivity index (χ1) is 12.7. The molecule has 0 aliphatic carbocycles. The van der Waals surface area contributed by atoms with Crippen molar-refractivity contribution >= 4 is 29.2 Å². The third-order valence-corrected chi connectivity index (χ3v) is 4.90. The fraction of sp³-hybridized carbons (Fsp3) is 0.238. The van der Waals surface area contributed by atoms with Crippen molar-refractivity contribution in [3.63, 3.8) is 0 Å². The lowest BCUT2D eigenvalue weighted by Crippen LogP contribution is -2.48. The predicted molar refractivity (Wildman–Crippen MR) is 109 cm³/mol. The fourth-order valence-electron chi connectivity index (χ4n) is 3.49. The number of carbonyl (C=O) groups is 1. The number of piperazine rings is 1. The summed E-state index contributed by atoms with van der Waals surface area (Å²) in [5, 5.41) is 0.795. The zero-order chi connectivity index (χ0) is 17.9. The van der Waals surface area contributed by atoms with Crippen molar-refractivity contribution in [2.75, 3.05) is 26.2 Å². The van der Waals surface area contributed by atoms with Crippen LogP contribution in [-0.2, 0) is 6.54 Å². The van der Waals surface area contributed by atoms with E-state index in [1.807, 2.05) is 29.2 Å². The Bertz CT molecular complexity index is 979. The van der Waals surface area contributed by atoms with Crippen molar-refractivity contribution in [3.05, 3.63) is 82.1 Å². The maximum Gasteiger partial charge on any atom is 0.254 e. The van der Waals surface area contributed by atoms with Gasteiger partial charge in [-0.3, -0.25) is 14.5 Å². The zero-order valence-corrected chi connectivity index (χ0v) is 15.7. The van der Waals surface area contributed by atoms with Crippen LogP contribution in [0.4, 0.5) is 0 Å². The van der Waals surface area contributed by atoms with Crippen LogP contribution >= 0.6 is 12.4 Å². The number of nitrogens with one attached hydrogen (secondary N) is 1. The van der Waals surface area contributed by atoms with Crippen molar-refractivity contribution in [2.24, 2.45) is 0 Å². The molecular weight excluding hydrogens is 362 g/mol. The van der Waals surface area contributed by atoms with E-state index in [4.69, 9.17) is 0 Å². The topological polar surface area (TPSA) is 56.4 Å². The Balaban J connectivity index is 0.00000210. The first-order valence-electron chi connectivity index (χ1n) is 8.88. The maximum absolute atomic E-state index is 13.0. The lowest BCUT2D eigenvalue weighted by molar-refractivity contribution is 0.0630. The Morgan fingerprint density at radius 3 is 2.37 bits per heavy atom. The molecule has 0 saturated carbocycles. The van der Waals surface area contributed by atoms with Gasteiger partial charge in [0.05, 0.1) is 0 Å². The van der Waals surface area contributed by atoms with Crippen LogP contribution in [0.5, 0.6) is 0 Å². The number of carbonyl (C=O) groups excluding carboxylic acids is 1. The van der Waals surface area contributed by atoms with E-state index in [-0.39, 0.29) is 23.9 Å². The summed E-state index contributed by atoms with van der Waals surface area (Å²) in [6, 6.07) is 19.1. The molecule has 1 saturated heterocycles. The summed E-state index contributed by atoms with van der Waals surface area (Å²) in [6.07, 6.45) is 0. The van der Waals surface area contributed by atoms with Crippen LogP contribution in [0.15, 0.2) is 65.5 Å². The van der Waals surface area contributed by atoms with E-state index in [2.05, 4.69) is 34.1 Å². The Labute approximate surface area is 164 Å². The minimum absolute atomic E-state index is 0. The molecule has 2 heterocycles. The van der Waals surface area contributed by atoms with Gasteiger partial charge in [-0.05, 0) is 23.8 Å². The van der Waals surface area contributed by atoms with Crippen LogP contribution in [0.25, 0.3) is 10.9 Å². The summed E-state index contributed by atoms with van der Waals surface area (Å²) in [5.41, 5.74) is 2.49. The molecule has 1 aliphatic rings. The van der Waals surface area contributed by atoms with E-state index < -0.39 is 0 Å². The van der Waals surface area contributed by atoms with Gasteiger partial charge >= 0.3 is 0 Å². The number of pyridine rings is 1. The number of halogens is 1. The molecule has 0 unspecified atom stereocenters. The average molecular weight is 384 g/mol. The predicted octanol–water partition coefficient (Wildman–Crippen LogP) is 2.91. The van der Waals surface area contributed by atoms with E-state index in [0.717, 1.165) is 25.0 Å². The standard InChI is InChI=1S/C21H21N3O2.ClH/c25-20-10-9-17-18(7-4-8-19(17)22-20)21(26)24-13-11-23(12-14-24)15-16-5-2-1-3-6-16;/h1-10H,11-15H2,(H,22,25);1H. The van der Waals surface area contributed by atoms with Gasteiger partial charge in [-0.1, -0.05) is 36.4 Å². The highest BCUT2D eigenvalue weighted by Gasteiger charge is 2.23. The Morgan fingerprint density at radius 1 is 0.889 bits per heavy atom. The number of benzene rings is 2. The number of nitrogens with zero attached hydrogens (tertiary/aromatic N) is 2. The molecule has 0 radical (unpaired) electrons. The summed E-state index contributed by atoms with van der Waals surface area (Å²) >= 11 is 0. The molecule has 140 valence electrons. The normalized spacial score (nSPS) is 14.7. The first-order valence-corrected chi connectivity index (χ1v) is 8.88. The third-order valence-electron chi connectivity index (χ3n) is 4.90. The second kappa shape index (κ2) is 8.37. The van der Waals surface area contributed by atoms with Crippen LogP contribution in [0.2, 0.25) is 0 Å². The van der Waals surface area contributed by atoms with Gasteiger partial charge < -0.3 is 9.88 Å². The number of amides is 1. The fourth-order valence-corrected chi connectivity index (χ4v) is 3.49. The molecule has 1 amide bonds.